The first-order valence-corrected chi connectivity index (χ1v) is 9.39. The van der Waals surface area contributed by atoms with Gasteiger partial charge in [0.25, 0.3) is 0 Å². The van der Waals surface area contributed by atoms with E-state index in [9.17, 15) is 4.79 Å². The third kappa shape index (κ3) is 6.34. The van der Waals surface area contributed by atoms with Gasteiger partial charge in [-0.15, -0.1) is 0 Å². The second-order valence-electron chi connectivity index (χ2n) is 6.27. The summed E-state index contributed by atoms with van der Waals surface area (Å²) in [4.78, 5) is 10.8. The van der Waals surface area contributed by atoms with E-state index in [4.69, 9.17) is 19.3 Å². The molecule has 0 aromatic heterocycles. The molecule has 3 aromatic carbocycles. The molecule has 0 bridgehead atoms. The van der Waals surface area contributed by atoms with E-state index in [1.807, 2.05) is 48.5 Å². The highest BCUT2D eigenvalue weighted by atomic mass is 16.5. The molecule has 30 heavy (non-hydrogen) atoms. The van der Waals surface area contributed by atoms with Crippen molar-refractivity contribution in [1.82, 2.24) is 0 Å². The van der Waals surface area contributed by atoms with Gasteiger partial charge in [0.05, 0.1) is 37.3 Å². The number of methoxy groups -OCH3 is 1. The zero-order valence-electron chi connectivity index (χ0n) is 16.5. The Balaban J connectivity index is 1.39. The second kappa shape index (κ2) is 10.6. The van der Waals surface area contributed by atoms with Crippen LogP contribution in [0.4, 0.5) is 11.4 Å². The van der Waals surface area contributed by atoms with Gasteiger partial charge in [0, 0.05) is 6.42 Å². The number of azo groups is 1. The van der Waals surface area contributed by atoms with Crippen LogP contribution in [0.25, 0.3) is 0 Å². The van der Waals surface area contributed by atoms with Gasteiger partial charge in [-0.2, -0.15) is 10.2 Å². The van der Waals surface area contributed by atoms with Crippen LogP contribution in [-0.2, 0) is 0 Å². The molecule has 154 valence electrons. The maximum Gasteiger partial charge on any atom is 0.335 e. The van der Waals surface area contributed by atoms with E-state index in [0.717, 1.165) is 22.9 Å². The number of hydrogen-bond donors (Lipinski definition) is 1. The lowest BCUT2D eigenvalue weighted by atomic mass is 10.2. The number of carbonyl (C=O) groups is 1. The van der Waals surface area contributed by atoms with Crippen LogP contribution in [0.2, 0.25) is 0 Å². The first-order valence-electron chi connectivity index (χ1n) is 9.39. The van der Waals surface area contributed by atoms with E-state index < -0.39 is 5.97 Å². The zero-order chi connectivity index (χ0) is 21.2. The van der Waals surface area contributed by atoms with Crippen molar-refractivity contribution in [3.8, 4) is 17.2 Å². The van der Waals surface area contributed by atoms with E-state index >= 15 is 0 Å². The number of nitrogens with zero attached hydrogens (tertiary/aromatic N) is 2. The summed E-state index contributed by atoms with van der Waals surface area (Å²) in [6, 6.07) is 21.0. The number of aromatic carboxylic acids is 1. The summed E-state index contributed by atoms with van der Waals surface area (Å²) >= 11 is 0. The maximum absolute atomic E-state index is 10.8. The molecule has 0 aliphatic rings. The number of rotatable bonds is 10. The van der Waals surface area contributed by atoms with Gasteiger partial charge in [0.15, 0.2) is 0 Å². The molecule has 0 saturated heterocycles. The molecular formula is C23H22N2O5. The zero-order valence-corrected chi connectivity index (χ0v) is 16.5. The lowest BCUT2D eigenvalue weighted by Crippen LogP contribution is -2.05. The van der Waals surface area contributed by atoms with Crippen LogP contribution in [0, 0.1) is 0 Å². The normalized spacial score (nSPS) is 10.7. The molecule has 0 atom stereocenters. The number of hydrogen-bond acceptors (Lipinski definition) is 6. The molecule has 0 spiro atoms. The largest absolute Gasteiger partial charge is 0.497 e. The highest BCUT2D eigenvalue weighted by Gasteiger charge is 2.02. The topological polar surface area (TPSA) is 89.7 Å². The van der Waals surface area contributed by atoms with E-state index in [0.29, 0.717) is 25.4 Å². The second-order valence-corrected chi connectivity index (χ2v) is 6.27. The summed E-state index contributed by atoms with van der Waals surface area (Å²) in [7, 11) is 1.62. The number of ether oxygens (including phenoxy) is 3. The van der Waals surface area contributed by atoms with Crippen molar-refractivity contribution in [1.29, 1.82) is 0 Å². The molecular weight excluding hydrogens is 384 g/mol. The molecule has 0 saturated carbocycles. The highest BCUT2D eigenvalue weighted by molar-refractivity contribution is 5.87. The molecule has 3 aromatic rings. The molecule has 0 aliphatic heterocycles. The molecule has 1 N–H and O–H groups in total. The van der Waals surface area contributed by atoms with E-state index in [1.165, 1.54) is 12.1 Å². The van der Waals surface area contributed by atoms with Crippen LogP contribution >= 0.6 is 0 Å². The van der Waals surface area contributed by atoms with Crippen LogP contribution in [0.15, 0.2) is 83.0 Å². The summed E-state index contributed by atoms with van der Waals surface area (Å²) in [6.45, 7) is 0.973. The molecule has 3 rings (SSSR count). The van der Waals surface area contributed by atoms with Crippen molar-refractivity contribution >= 4 is 17.3 Å². The minimum absolute atomic E-state index is 0.234. The predicted octanol–water partition coefficient (Wildman–Crippen LogP) is 5.66. The first kappa shape index (κ1) is 20.9. The standard InChI is InChI=1S/C23H22N2O5/c1-28-20-11-5-18(6-12-20)24-25-19-7-13-22(14-8-19)30-16-2-15-29-21-9-3-17(4-10-21)23(26)27/h3-14H,2,15-16H2,1H3,(H,26,27). The van der Waals surface area contributed by atoms with Gasteiger partial charge in [0.1, 0.15) is 17.2 Å². The first-order chi connectivity index (χ1) is 14.6. The summed E-state index contributed by atoms with van der Waals surface area (Å²) in [5.74, 6) is 1.19. The minimum atomic E-state index is -0.955. The molecule has 7 heteroatoms. The van der Waals surface area contributed by atoms with Crippen LogP contribution < -0.4 is 14.2 Å². The van der Waals surface area contributed by atoms with Gasteiger partial charge in [-0.3, -0.25) is 0 Å². The average Bonchev–Trinajstić information content (AvgIpc) is 2.79. The average molecular weight is 406 g/mol. The highest BCUT2D eigenvalue weighted by Crippen LogP contribution is 2.23. The molecule has 0 radical (unpaired) electrons. The molecule has 0 fully saturated rings. The summed E-state index contributed by atoms with van der Waals surface area (Å²) in [5.41, 5.74) is 1.71. The van der Waals surface area contributed by atoms with Crippen molar-refractivity contribution in [2.24, 2.45) is 10.2 Å². The molecule has 0 unspecified atom stereocenters. The Hall–Kier alpha value is -3.87. The lowest BCUT2D eigenvalue weighted by Gasteiger charge is -2.08. The van der Waals surface area contributed by atoms with Gasteiger partial charge in [-0.05, 0) is 72.8 Å². The third-order valence-electron chi connectivity index (χ3n) is 4.12. The number of benzene rings is 3. The molecule has 0 aliphatic carbocycles. The van der Waals surface area contributed by atoms with Gasteiger partial charge >= 0.3 is 5.97 Å². The van der Waals surface area contributed by atoms with Gasteiger partial charge in [-0.25, -0.2) is 4.79 Å². The Labute approximate surface area is 174 Å². The maximum atomic E-state index is 10.8. The SMILES string of the molecule is COc1ccc(N=Nc2ccc(OCCCOc3ccc(C(=O)O)cc3)cc2)cc1. The Morgan fingerprint density at radius 3 is 1.60 bits per heavy atom. The monoisotopic (exact) mass is 406 g/mol. The molecule has 0 heterocycles. The van der Waals surface area contributed by atoms with Crippen LogP contribution in [0.3, 0.4) is 0 Å². The number of carboxylic acid groups (broad SMARTS) is 1. The van der Waals surface area contributed by atoms with Gasteiger partial charge in [0.2, 0.25) is 0 Å². The van der Waals surface area contributed by atoms with Crippen molar-refractivity contribution in [2.45, 2.75) is 6.42 Å². The van der Waals surface area contributed by atoms with E-state index in [1.54, 1.807) is 19.2 Å². The van der Waals surface area contributed by atoms with Crippen molar-refractivity contribution in [2.75, 3.05) is 20.3 Å². The van der Waals surface area contributed by atoms with Gasteiger partial charge in [-0.1, -0.05) is 0 Å². The Bertz CT molecular complexity index is 968. The fourth-order valence-electron chi connectivity index (χ4n) is 2.51. The van der Waals surface area contributed by atoms with E-state index in [2.05, 4.69) is 10.2 Å². The van der Waals surface area contributed by atoms with Crippen molar-refractivity contribution in [3.05, 3.63) is 78.4 Å². The molecule has 0 amide bonds. The fraction of sp³-hybridized carbons (Fsp3) is 0.174. The number of carboxylic acids is 1. The van der Waals surface area contributed by atoms with Crippen LogP contribution in [0.1, 0.15) is 16.8 Å². The lowest BCUT2D eigenvalue weighted by molar-refractivity contribution is 0.0697. The Morgan fingerprint density at radius 2 is 1.17 bits per heavy atom. The predicted molar refractivity (Wildman–Crippen MR) is 113 cm³/mol. The minimum Gasteiger partial charge on any atom is -0.497 e. The Morgan fingerprint density at radius 1 is 0.733 bits per heavy atom. The summed E-state index contributed by atoms with van der Waals surface area (Å²) in [5, 5.41) is 17.3. The third-order valence-corrected chi connectivity index (χ3v) is 4.12. The van der Waals surface area contributed by atoms with Crippen LogP contribution in [0.5, 0.6) is 17.2 Å². The molecule has 7 nitrogen and oxygen atoms in total. The van der Waals surface area contributed by atoms with E-state index in [-0.39, 0.29) is 5.56 Å². The fourth-order valence-corrected chi connectivity index (χ4v) is 2.51. The smallest absolute Gasteiger partial charge is 0.335 e. The van der Waals surface area contributed by atoms with Crippen LogP contribution in [-0.4, -0.2) is 31.4 Å². The van der Waals surface area contributed by atoms with Crippen molar-refractivity contribution < 1.29 is 24.1 Å². The van der Waals surface area contributed by atoms with Gasteiger partial charge < -0.3 is 19.3 Å². The van der Waals surface area contributed by atoms with Crippen molar-refractivity contribution in [3.63, 3.8) is 0 Å². The summed E-state index contributed by atoms with van der Waals surface area (Å²) in [6.07, 6.45) is 0.694. The quantitative estimate of drug-likeness (QED) is 0.347. The Kier molecular flexibility index (Phi) is 7.38. The summed E-state index contributed by atoms with van der Waals surface area (Å²) < 4.78 is 16.4.